The average molecular weight is 570 g/mol. The van der Waals surface area contributed by atoms with E-state index in [1.165, 1.54) is 23.0 Å². The van der Waals surface area contributed by atoms with Crippen LogP contribution >= 0.6 is 11.6 Å². The number of fused-ring (bicyclic) bond motifs is 1. The molecule has 5 rings (SSSR count). The maximum atomic E-state index is 12.8. The third kappa shape index (κ3) is 5.39. The van der Waals surface area contributed by atoms with Gasteiger partial charge in [0.1, 0.15) is 17.4 Å². The van der Waals surface area contributed by atoms with Crippen molar-refractivity contribution >= 4 is 50.6 Å². The number of nitrogens with zero attached hydrogens (tertiary/aromatic N) is 5. The number of sulfonamides is 1. The Hall–Kier alpha value is -4.89. The van der Waals surface area contributed by atoms with E-state index in [9.17, 15) is 18.3 Å². The molecule has 0 spiro atoms. The number of nitrogen functional groups attached to an aromatic ring is 1. The summed E-state index contributed by atoms with van der Waals surface area (Å²) in [4.78, 5) is 24.2. The monoisotopic (exact) mass is 569 g/mol. The topological polar surface area (TPSA) is 217 Å². The van der Waals surface area contributed by atoms with Crippen molar-refractivity contribution in [1.82, 2.24) is 24.6 Å². The van der Waals surface area contributed by atoms with Gasteiger partial charge in [-0.25, -0.2) is 8.42 Å². The first kappa shape index (κ1) is 25.7. The number of phenols is 1. The summed E-state index contributed by atoms with van der Waals surface area (Å²) in [5, 5.41) is 17.0. The van der Waals surface area contributed by atoms with Gasteiger partial charge in [0.25, 0.3) is 21.7 Å². The lowest BCUT2D eigenvalue weighted by Crippen LogP contribution is -2.16. The van der Waals surface area contributed by atoms with E-state index in [-0.39, 0.29) is 15.6 Å². The maximum Gasteiger partial charge on any atom is 0.262 e. The number of amides is 1. The van der Waals surface area contributed by atoms with E-state index in [4.69, 9.17) is 27.5 Å². The van der Waals surface area contributed by atoms with Crippen molar-refractivity contribution < 1.29 is 22.7 Å². The minimum absolute atomic E-state index is 0.176. The zero-order chi connectivity index (χ0) is 27.7. The molecule has 7 N–H and O–H groups in total. The summed E-state index contributed by atoms with van der Waals surface area (Å²) in [5.74, 6) is 0.360. The summed E-state index contributed by atoms with van der Waals surface area (Å²) in [5.41, 5.74) is 11.7. The minimum atomic E-state index is -4.15. The van der Waals surface area contributed by atoms with Crippen molar-refractivity contribution in [2.45, 2.75) is 11.3 Å². The highest BCUT2D eigenvalue weighted by Crippen LogP contribution is 2.31. The molecule has 0 unspecified atom stereocenters. The molecular weight excluding hydrogens is 550 g/mol. The molecule has 16 heteroatoms. The first-order chi connectivity index (χ1) is 18.6. The number of carbonyl (C=O) groups excluding carboxylic acids is 1. The number of carbonyl (C=O) groups is 1. The molecule has 0 aliphatic carbocycles. The Kier molecular flexibility index (Phi) is 6.67. The highest BCUT2D eigenvalue weighted by atomic mass is 35.5. The third-order valence-electron chi connectivity index (χ3n) is 5.46. The second kappa shape index (κ2) is 10.1. The molecule has 14 nitrogen and oxygen atoms in total. The molecule has 0 fully saturated rings. The number of halogens is 1. The third-order valence-corrected chi connectivity index (χ3v) is 7.11. The van der Waals surface area contributed by atoms with Gasteiger partial charge in [-0.3, -0.25) is 14.5 Å². The molecular formula is C23H20ClN9O5S. The van der Waals surface area contributed by atoms with Crippen LogP contribution in [0.5, 0.6) is 5.75 Å². The van der Waals surface area contributed by atoms with Crippen molar-refractivity contribution in [3.8, 4) is 17.3 Å². The van der Waals surface area contributed by atoms with Crippen LogP contribution < -0.4 is 21.5 Å². The predicted molar refractivity (Wildman–Crippen MR) is 142 cm³/mol. The molecule has 0 saturated carbocycles. The van der Waals surface area contributed by atoms with Crippen molar-refractivity contribution in [2.24, 2.45) is 5.73 Å². The van der Waals surface area contributed by atoms with E-state index >= 15 is 0 Å². The number of hydrogen-bond donors (Lipinski definition) is 5. The van der Waals surface area contributed by atoms with Crippen LogP contribution in [0, 0.1) is 0 Å². The molecule has 0 aliphatic rings. The fraction of sp³-hybridized carbons (Fsp3) is 0.0870. The number of hydrogen-bond acceptors (Lipinski definition) is 11. The first-order valence-electron chi connectivity index (χ1n) is 11.2. The Bertz CT molecular complexity index is 1790. The Morgan fingerprint density at radius 1 is 1.18 bits per heavy atom. The average Bonchev–Trinajstić information content (AvgIpc) is 3.57. The normalized spacial score (nSPS) is 11.5. The summed E-state index contributed by atoms with van der Waals surface area (Å²) in [6.07, 6.45) is 3.35. The lowest BCUT2D eigenvalue weighted by Gasteiger charge is -2.11. The van der Waals surface area contributed by atoms with E-state index < -0.39 is 27.2 Å². The maximum absolute atomic E-state index is 12.8. The van der Waals surface area contributed by atoms with Gasteiger partial charge in [-0.2, -0.15) is 14.5 Å². The predicted octanol–water partition coefficient (Wildman–Crippen LogP) is 2.27. The number of pyridine rings is 1. The number of aromatic nitrogens is 5. The van der Waals surface area contributed by atoms with E-state index in [1.807, 2.05) is 0 Å². The van der Waals surface area contributed by atoms with Crippen LogP contribution in [0.2, 0.25) is 5.02 Å². The van der Waals surface area contributed by atoms with E-state index in [1.54, 1.807) is 24.3 Å². The molecule has 1 aromatic carbocycles. The highest BCUT2D eigenvalue weighted by molar-refractivity contribution is 7.92. The smallest absolute Gasteiger partial charge is 0.262 e. The lowest BCUT2D eigenvalue weighted by atomic mass is 10.2. The number of nitrogens with two attached hydrogens (primary N) is 2. The van der Waals surface area contributed by atoms with Crippen LogP contribution in [0.25, 0.3) is 17.4 Å². The summed E-state index contributed by atoms with van der Waals surface area (Å²) >= 11 is 5.85. The van der Waals surface area contributed by atoms with Crippen molar-refractivity contribution in [2.75, 3.05) is 22.3 Å². The van der Waals surface area contributed by atoms with Crippen LogP contribution in [0.1, 0.15) is 16.1 Å². The Morgan fingerprint density at radius 2 is 2.00 bits per heavy atom. The highest BCUT2D eigenvalue weighted by Gasteiger charge is 2.21. The molecule has 0 radical (unpaired) electrons. The van der Waals surface area contributed by atoms with Gasteiger partial charge in [0.2, 0.25) is 5.82 Å². The fourth-order valence-corrected chi connectivity index (χ4v) is 4.95. The van der Waals surface area contributed by atoms with Crippen LogP contribution in [-0.4, -0.2) is 50.5 Å². The molecule has 0 bridgehead atoms. The Balaban J connectivity index is 1.23. The Labute approximate surface area is 225 Å². The van der Waals surface area contributed by atoms with Crippen LogP contribution in [0.4, 0.5) is 17.3 Å². The molecule has 1 amide bonds. The van der Waals surface area contributed by atoms with Gasteiger partial charge in [0, 0.05) is 24.7 Å². The van der Waals surface area contributed by atoms with Crippen LogP contribution in [0.15, 0.2) is 64.2 Å². The van der Waals surface area contributed by atoms with Crippen molar-refractivity contribution in [1.29, 1.82) is 0 Å². The molecule has 0 saturated heterocycles. The lowest BCUT2D eigenvalue weighted by molar-refractivity contribution is 0.0997. The molecule has 4 heterocycles. The first-order valence-corrected chi connectivity index (χ1v) is 13.1. The summed E-state index contributed by atoms with van der Waals surface area (Å²) in [7, 11) is -4.15. The SMILES string of the molecule is NC(=O)c1cc(S(=O)(=O)Nc2ccc(CCNc3cc(N)n4nc(-c5ccco5)nc4n3)nc2)cc(Cl)c1O. The molecule has 5 aromatic rings. The minimum Gasteiger partial charge on any atom is -0.506 e. The zero-order valence-corrected chi connectivity index (χ0v) is 21.4. The van der Waals surface area contributed by atoms with Gasteiger partial charge >= 0.3 is 0 Å². The van der Waals surface area contributed by atoms with E-state index in [2.05, 4.69) is 30.1 Å². The summed E-state index contributed by atoms with van der Waals surface area (Å²) < 4.78 is 34.6. The number of benzene rings is 1. The van der Waals surface area contributed by atoms with Crippen LogP contribution in [-0.2, 0) is 16.4 Å². The van der Waals surface area contributed by atoms with E-state index in [0.717, 1.165) is 12.1 Å². The fourth-order valence-electron chi connectivity index (χ4n) is 3.57. The number of primary amides is 1. The Morgan fingerprint density at radius 3 is 2.69 bits per heavy atom. The molecule has 0 atom stereocenters. The van der Waals surface area contributed by atoms with Gasteiger partial charge in [-0.15, -0.1) is 5.10 Å². The second-order valence-corrected chi connectivity index (χ2v) is 10.3. The largest absolute Gasteiger partial charge is 0.506 e. The molecule has 4 aromatic heterocycles. The quantitative estimate of drug-likeness (QED) is 0.173. The van der Waals surface area contributed by atoms with Gasteiger partial charge in [-0.1, -0.05) is 11.6 Å². The van der Waals surface area contributed by atoms with Gasteiger partial charge in [0.05, 0.1) is 33.6 Å². The van der Waals surface area contributed by atoms with Crippen molar-refractivity contribution in [3.63, 3.8) is 0 Å². The summed E-state index contributed by atoms with van der Waals surface area (Å²) in [6, 6.07) is 10.2. The van der Waals surface area contributed by atoms with Crippen molar-refractivity contribution in [3.05, 3.63) is 71.2 Å². The number of furan rings is 1. The van der Waals surface area contributed by atoms with Gasteiger partial charge in [-0.05, 0) is 36.4 Å². The van der Waals surface area contributed by atoms with Gasteiger partial charge < -0.3 is 26.3 Å². The zero-order valence-electron chi connectivity index (χ0n) is 19.9. The number of rotatable bonds is 9. The second-order valence-electron chi connectivity index (χ2n) is 8.18. The number of aromatic hydroxyl groups is 1. The molecule has 0 aliphatic heterocycles. The van der Waals surface area contributed by atoms with Gasteiger partial charge in [0.15, 0.2) is 5.76 Å². The number of nitrogens with one attached hydrogen (secondary N) is 2. The van der Waals surface area contributed by atoms with E-state index in [0.29, 0.717) is 47.7 Å². The van der Waals surface area contributed by atoms with Crippen LogP contribution in [0.3, 0.4) is 0 Å². The molecule has 39 heavy (non-hydrogen) atoms. The molecule has 200 valence electrons. The summed E-state index contributed by atoms with van der Waals surface area (Å²) in [6.45, 7) is 0.446. The standard InChI is InChI=1S/C23H20ClN9O5S/c24-16-9-14(8-15(20(16)34)21(26)35)39(36,37)32-13-4-3-12(28-11-13)5-6-27-19-10-18(25)33-23(29-19)30-22(31-33)17-2-1-7-38-17/h1-4,7-11,32,34H,5-6,25H2,(H2,26,35)(H,27,29,30,31). The number of anilines is 3.